The molecule has 0 aliphatic heterocycles. The average molecular weight is 424 g/mol. The summed E-state index contributed by atoms with van der Waals surface area (Å²) in [5, 5.41) is 49.6. The van der Waals surface area contributed by atoms with Crippen LogP contribution in [0.15, 0.2) is 0 Å². The first-order chi connectivity index (χ1) is 12.7. The molecule has 0 atom stereocenters. The fourth-order valence-electron chi connectivity index (χ4n) is 1.71. The highest BCUT2D eigenvalue weighted by Gasteiger charge is 2.30. The van der Waals surface area contributed by atoms with Gasteiger partial charge in [-0.2, -0.15) is 0 Å². The van der Waals surface area contributed by atoms with Gasteiger partial charge in [0.1, 0.15) is 0 Å². The molecular weight excluding hydrogens is 404 g/mol. The molecule has 0 fully saturated rings. The van der Waals surface area contributed by atoms with E-state index >= 15 is 0 Å². The van der Waals surface area contributed by atoms with Gasteiger partial charge in [0.25, 0.3) is 0 Å². The Morgan fingerprint density at radius 3 is 0.724 bits per heavy atom. The second kappa shape index (κ2) is 14.2. The van der Waals surface area contributed by atoms with Gasteiger partial charge in [-0.25, -0.2) is 9.59 Å². The summed E-state index contributed by atoms with van der Waals surface area (Å²) >= 11 is 0. The van der Waals surface area contributed by atoms with Crippen molar-refractivity contribution >= 4 is 47.4 Å². The van der Waals surface area contributed by atoms with E-state index in [1.165, 1.54) is 0 Å². The summed E-state index contributed by atoms with van der Waals surface area (Å²) in [4.78, 5) is 82.6. The topological polar surface area (TPSA) is 258 Å². The van der Waals surface area contributed by atoms with Crippen molar-refractivity contribution in [2.24, 2.45) is 11.8 Å². The van der Waals surface area contributed by atoms with Gasteiger partial charge >= 0.3 is 35.8 Å². The first-order valence-corrected chi connectivity index (χ1v) is 7.10. The van der Waals surface area contributed by atoms with E-state index in [2.05, 4.69) is 0 Å². The van der Waals surface area contributed by atoms with E-state index in [0.717, 1.165) is 0 Å². The summed E-state index contributed by atoms with van der Waals surface area (Å²) in [5.74, 6) is -15.1. The zero-order valence-electron chi connectivity index (χ0n) is 13.9. The summed E-state index contributed by atoms with van der Waals surface area (Å²) in [7, 11) is 0. The highest BCUT2D eigenvalue weighted by molar-refractivity contribution is 6.34. The lowest BCUT2D eigenvalue weighted by atomic mass is 9.96. The molecule has 0 heterocycles. The number of hydrogen-bond donors (Lipinski definition) is 6. The van der Waals surface area contributed by atoms with Gasteiger partial charge in [-0.1, -0.05) is 7.43 Å². The molecule has 0 aliphatic carbocycles. The molecule has 6 N–H and O–H groups in total. The molecule has 29 heavy (non-hydrogen) atoms. The third-order valence-electron chi connectivity index (χ3n) is 2.85. The molecule has 164 valence electrons. The van der Waals surface area contributed by atoms with Crippen molar-refractivity contribution in [1.29, 1.82) is 0 Å². The quantitative estimate of drug-likeness (QED) is 0.206. The van der Waals surface area contributed by atoms with Crippen LogP contribution >= 0.6 is 0 Å². The molecule has 0 aromatic heterocycles. The Balaban J connectivity index is -0.000000451. The maximum Gasteiger partial charge on any atom is 0.372 e. The molecule has 0 aliphatic rings. The Morgan fingerprint density at radius 2 is 0.621 bits per heavy atom. The van der Waals surface area contributed by atoms with Crippen molar-refractivity contribution in [3.8, 4) is 0 Å². The van der Waals surface area contributed by atoms with Crippen LogP contribution in [0.4, 0.5) is 0 Å². The maximum absolute atomic E-state index is 10.8. The van der Waals surface area contributed by atoms with E-state index < -0.39 is 84.9 Å². The molecule has 0 radical (unpaired) electrons. The summed E-state index contributed by atoms with van der Waals surface area (Å²) in [6.45, 7) is 0. The normalized spacial score (nSPS) is 9.45. The van der Waals surface area contributed by atoms with Crippen molar-refractivity contribution in [1.82, 2.24) is 0 Å². The van der Waals surface area contributed by atoms with Gasteiger partial charge in [-0.15, -0.1) is 0 Å². The second-order valence-electron chi connectivity index (χ2n) is 5.12. The number of carboxylic acids is 6. The molecule has 0 spiro atoms. The predicted molar refractivity (Wildman–Crippen MR) is 88.0 cm³/mol. The number of ketones is 2. The van der Waals surface area contributed by atoms with Crippen LogP contribution in [0.1, 0.15) is 33.1 Å². The molecule has 0 saturated heterocycles. The smallest absolute Gasteiger partial charge is 0.372 e. The largest absolute Gasteiger partial charge is 0.481 e. The molecule has 0 saturated carbocycles. The Bertz CT molecular complexity index is 587. The van der Waals surface area contributed by atoms with Gasteiger partial charge in [-0.05, 0) is 0 Å². The van der Waals surface area contributed by atoms with E-state index in [-0.39, 0.29) is 7.43 Å². The standard InChI is InChI=1S/2C7H8O7.CH4/c2*8-4(9)1-3(2-5(10)11)6(12)7(13)14;/h2*3H,1-2H2,(H,8,9)(H,10,11)(H,13,14);1H4. The monoisotopic (exact) mass is 424 g/mol. The van der Waals surface area contributed by atoms with Crippen molar-refractivity contribution in [2.75, 3.05) is 0 Å². The van der Waals surface area contributed by atoms with Crippen LogP contribution in [0.25, 0.3) is 0 Å². The number of aliphatic carboxylic acids is 6. The molecule has 0 aromatic rings. The van der Waals surface area contributed by atoms with E-state index in [4.69, 9.17) is 30.6 Å². The van der Waals surface area contributed by atoms with Gasteiger partial charge in [0.05, 0.1) is 37.5 Å². The minimum atomic E-state index is -1.82. The molecular formula is C15H20O14. The van der Waals surface area contributed by atoms with Crippen molar-refractivity contribution in [3.63, 3.8) is 0 Å². The molecule has 0 amide bonds. The molecule has 0 aromatic carbocycles. The lowest BCUT2D eigenvalue weighted by Crippen LogP contribution is -2.27. The zero-order chi connectivity index (χ0) is 22.6. The van der Waals surface area contributed by atoms with E-state index in [1.54, 1.807) is 0 Å². The Labute approximate surface area is 162 Å². The van der Waals surface area contributed by atoms with Crippen LogP contribution in [0, 0.1) is 11.8 Å². The van der Waals surface area contributed by atoms with Crippen molar-refractivity contribution in [2.45, 2.75) is 33.1 Å². The lowest BCUT2D eigenvalue weighted by Gasteiger charge is -2.06. The van der Waals surface area contributed by atoms with Gasteiger partial charge in [0, 0.05) is 0 Å². The number of carboxylic acid groups (broad SMARTS) is 6. The molecule has 14 heteroatoms. The first-order valence-electron chi connectivity index (χ1n) is 7.10. The van der Waals surface area contributed by atoms with Gasteiger partial charge in [-0.3, -0.25) is 28.8 Å². The van der Waals surface area contributed by atoms with Crippen LogP contribution in [-0.2, 0) is 38.4 Å². The van der Waals surface area contributed by atoms with Crippen LogP contribution in [0.2, 0.25) is 0 Å². The highest BCUT2D eigenvalue weighted by atomic mass is 16.4. The summed E-state index contributed by atoms with van der Waals surface area (Å²) < 4.78 is 0. The Morgan fingerprint density at radius 1 is 0.448 bits per heavy atom. The summed E-state index contributed by atoms with van der Waals surface area (Å²) in [5.41, 5.74) is 0. The van der Waals surface area contributed by atoms with Crippen LogP contribution in [-0.4, -0.2) is 78.0 Å². The Kier molecular flexibility index (Phi) is 14.7. The fraction of sp³-hybridized carbons (Fsp3) is 0.467. The zero-order valence-corrected chi connectivity index (χ0v) is 13.9. The molecule has 0 rings (SSSR count). The van der Waals surface area contributed by atoms with E-state index in [1.807, 2.05) is 0 Å². The fourth-order valence-corrected chi connectivity index (χ4v) is 1.71. The minimum absolute atomic E-state index is 0. The average Bonchev–Trinajstić information content (AvgIpc) is 2.50. The molecule has 0 unspecified atom stereocenters. The van der Waals surface area contributed by atoms with Gasteiger partial charge in [0.2, 0.25) is 11.6 Å². The second-order valence-corrected chi connectivity index (χ2v) is 5.12. The first kappa shape index (κ1) is 29.9. The molecule has 0 bridgehead atoms. The molecule has 14 nitrogen and oxygen atoms in total. The number of hydrogen-bond acceptors (Lipinski definition) is 8. The summed E-state index contributed by atoms with van der Waals surface area (Å²) in [6, 6.07) is 0. The van der Waals surface area contributed by atoms with Gasteiger partial charge in [0.15, 0.2) is 0 Å². The number of carbonyl (C=O) groups is 8. The maximum atomic E-state index is 10.8. The summed E-state index contributed by atoms with van der Waals surface area (Å²) in [6.07, 6.45) is -3.18. The number of carbonyl (C=O) groups excluding carboxylic acids is 2. The van der Waals surface area contributed by atoms with Crippen LogP contribution in [0.5, 0.6) is 0 Å². The lowest BCUT2D eigenvalue weighted by molar-refractivity contribution is -0.154. The SMILES string of the molecule is C.O=C(O)CC(CC(=O)O)C(=O)C(=O)O.O=C(O)CC(CC(=O)O)C(=O)C(=O)O. The van der Waals surface area contributed by atoms with Crippen molar-refractivity contribution in [3.05, 3.63) is 0 Å². The van der Waals surface area contributed by atoms with E-state index in [0.29, 0.717) is 0 Å². The van der Waals surface area contributed by atoms with Crippen LogP contribution < -0.4 is 0 Å². The number of Topliss-reactive ketones (excluding diaryl/α,β-unsaturated/α-hetero) is 2. The van der Waals surface area contributed by atoms with E-state index in [9.17, 15) is 38.4 Å². The third kappa shape index (κ3) is 15.0. The predicted octanol–water partition coefficient (Wildman–Crippen LogP) is -0.952. The van der Waals surface area contributed by atoms with Crippen LogP contribution in [0.3, 0.4) is 0 Å². The van der Waals surface area contributed by atoms with Crippen molar-refractivity contribution < 1.29 is 69.0 Å². The highest BCUT2D eigenvalue weighted by Crippen LogP contribution is 2.11. The Hall–Kier alpha value is -3.84. The number of rotatable bonds is 12. The minimum Gasteiger partial charge on any atom is -0.481 e. The third-order valence-corrected chi connectivity index (χ3v) is 2.85. The van der Waals surface area contributed by atoms with Gasteiger partial charge < -0.3 is 30.6 Å².